The number of rotatable bonds is 2. The number of thioether (sulfide) groups is 1. The van der Waals surface area contributed by atoms with Crippen molar-refractivity contribution in [3.8, 4) is 0 Å². The minimum Gasteiger partial charge on any atom is -0.316 e. The number of carbonyl (C=O) groups excluding carboxylic acids is 1. The van der Waals surface area contributed by atoms with Gasteiger partial charge in [0.15, 0.2) is 15.0 Å². The Labute approximate surface area is 137 Å². The fourth-order valence-electron chi connectivity index (χ4n) is 2.98. The standard InChI is InChI=1S/C15H15FN2O3S2/c16-10-3-5-11(6-4-10)18-12-7-23(20,21)8-13(12)22-15(18)17-14(19)9-1-2-9/h3-6,9,12-13H,1-2,7-8H2/t12-,13+/m0/s1. The van der Waals surface area contributed by atoms with Gasteiger partial charge in [0.2, 0.25) is 0 Å². The molecule has 1 saturated carbocycles. The summed E-state index contributed by atoms with van der Waals surface area (Å²) in [4.78, 5) is 18.1. The van der Waals surface area contributed by atoms with Crippen LogP contribution in [-0.4, -0.2) is 42.3 Å². The van der Waals surface area contributed by atoms with E-state index < -0.39 is 9.84 Å². The lowest BCUT2D eigenvalue weighted by Gasteiger charge is -2.24. The first-order valence-corrected chi connectivity index (χ1v) is 10.2. The highest BCUT2D eigenvalue weighted by Gasteiger charge is 2.49. The fraction of sp³-hybridized carbons (Fsp3) is 0.467. The molecule has 3 aliphatic rings. The first-order chi connectivity index (χ1) is 10.9. The molecular weight excluding hydrogens is 339 g/mol. The summed E-state index contributed by atoms with van der Waals surface area (Å²) in [5, 5.41) is 0.411. The SMILES string of the molecule is O=C(N=C1S[C@@H]2CS(=O)(=O)C[C@@H]2N1c1ccc(F)cc1)C1CC1. The maximum atomic E-state index is 13.2. The van der Waals surface area contributed by atoms with Crippen LogP contribution in [0, 0.1) is 11.7 Å². The van der Waals surface area contributed by atoms with Gasteiger partial charge in [-0.1, -0.05) is 11.8 Å². The number of sulfone groups is 1. The van der Waals surface area contributed by atoms with Crippen molar-refractivity contribution in [2.75, 3.05) is 16.4 Å². The van der Waals surface area contributed by atoms with E-state index >= 15 is 0 Å². The third-order valence-corrected chi connectivity index (χ3v) is 7.51. The minimum absolute atomic E-state index is 0.0161. The third kappa shape index (κ3) is 2.89. The summed E-state index contributed by atoms with van der Waals surface area (Å²) >= 11 is 1.35. The van der Waals surface area contributed by atoms with Crippen LogP contribution in [0.15, 0.2) is 29.3 Å². The maximum absolute atomic E-state index is 13.2. The average molecular weight is 354 g/mol. The highest BCUT2D eigenvalue weighted by molar-refractivity contribution is 8.16. The predicted molar refractivity (Wildman–Crippen MR) is 87.9 cm³/mol. The van der Waals surface area contributed by atoms with Crippen LogP contribution < -0.4 is 4.90 Å². The quantitative estimate of drug-likeness (QED) is 0.811. The molecule has 3 fully saturated rings. The van der Waals surface area contributed by atoms with Crippen LogP contribution in [0.25, 0.3) is 0 Å². The average Bonchev–Trinajstić information content (AvgIpc) is 3.22. The van der Waals surface area contributed by atoms with Crippen molar-refractivity contribution >= 4 is 38.4 Å². The Bertz CT molecular complexity index is 787. The van der Waals surface area contributed by atoms with Crippen LogP contribution in [0.1, 0.15) is 12.8 Å². The van der Waals surface area contributed by atoms with Gasteiger partial charge < -0.3 is 4.90 Å². The second-order valence-electron chi connectivity index (χ2n) is 6.15. The number of halogens is 1. The lowest BCUT2D eigenvalue weighted by Crippen LogP contribution is -2.37. The van der Waals surface area contributed by atoms with Crippen molar-refractivity contribution in [1.82, 2.24) is 0 Å². The van der Waals surface area contributed by atoms with Gasteiger partial charge in [0.1, 0.15) is 5.82 Å². The van der Waals surface area contributed by atoms with Crippen LogP contribution in [0.4, 0.5) is 10.1 Å². The van der Waals surface area contributed by atoms with Crippen molar-refractivity contribution in [1.29, 1.82) is 0 Å². The van der Waals surface area contributed by atoms with E-state index in [9.17, 15) is 17.6 Å². The number of nitrogens with zero attached hydrogens (tertiary/aromatic N) is 2. The fourth-order valence-corrected chi connectivity index (χ4v) is 6.90. The lowest BCUT2D eigenvalue weighted by atomic mass is 10.2. The first kappa shape index (κ1) is 15.1. The van der Waals surface area contributed by atoms with Crippen molar-refractivity contribution in [3.63, 3.8) is 0 Å². The van der Waals surface area contributed by atoms with Crippen LogP contribution in [0.5, 0.6) is 0 Å². The summed E-state index contributed by atoms with van der Waals surface area (Å²) in [6.07, 6.45) is 1.75. The third-order valence-electron chi connectivity index (χ3n) is 4.30. The monoisotopic (exact) mass is 354 g/mol. The molecule has 0 bridgehead atoms. The molecule has 8 heteroatoms. The molecule has 2 aliphatic heterocycles. The van der Waals surface area contributed by atoms with Gasteiger partial charge in [-0.05, 0) is 37.1 Å². The molecule has 0 spiro atoms. The molecule has 2 heterocycles. The number of hydrogen-bond acceptors (Lipinski definition) is 4. The molecule has 1 amide bonds. The Morgan fingerprint density at radius 1 is 1.22 bits per heavy atom. The number of benzene rings is 1. The maximum Gasteiger partial charge on any atom is 0.251 e. The molecule has 122 valence electrons. The summed E-state index contributed by atoms with van der Waals surface area (Å²) in [7, 11) is -3.09. The second kappa shape index (κ2) is 5.31. The van der Waals surface area contributed by atoms with E-state index in [1.54, 1.807) is 17.0 Å². The second-order valence-corrected chi connectivity index (χ2v) is 9.51. The molecular formula is C15H15FN2O3S2. The van der Waals surface area contributed by atoms with Gasteiger partial charge in [0, 0.05) is 16.9 Å². The molecule has 1 aromatic rings. The van der Waals surface area contributed by atoms with Crippen molar-refractivity contribution in [3.05, 3.63) is 30.1 Å². The summed E-state index contributed by atoms with van der Waals surface area (Å²) in [5.74, 6) is -0.344. The molecule has 23 heavy (non-hydrogen) atoms. The van der Waals surface area contributed by atoms with Gasteiger partial charge in [-0.15, -0.1) is 0 Å². The molecule has 2 saturated heterocycles. The normalized spacial score (nSPS) is 30.7. The summed E-state index contributed by atoms with van der Waals surface area (Å²) in [5.41, 5.74) is 0.672. The largest absolute Gasteiger partial charge is 0.316 e. The molecule has 1 aliphatic carbocycles. The number of amidine groups is 1. The van der Waals surface area contributed by atoms with E-state index in [0.717, 1.165) is 12.8 Å². The van der Waals surface area contributed by atoms with Crippen LogP contribution in [0.3, 0.4) is 0 Å². The van der Waals surface area contributed by atoms with Gasteiger partial charge >= 0.3 is 0 Å². The predicted octanol–water partition coefficient (Wildman–Crippen LogP) is 1.84. The summed E-state index contributed by atoms with van der Waals surface area (Å²) < 4.78 is 37.0. The number of aliphatic imine (C=N–C) groups is 1. The van der Waals surface area contributed by atoms with Crippen LogP contribution in [0.2, 0.25) is 0 Å². The first-order valence-electron chi connectivity index (χ1n) is 7.47. The van der Waals surface area contributed by atoms with Gasteiger partial charge in [0.25, 0.3) is 5.91 Å². The van der Waals surface area contributed by atoms with Crippen molar-refractivity contribution in [2.45, 2.75) is 24.1 Å². The Balaban J connectivity index is 1.71. The Morgan fingerprint density at radius 3 is 2.57 bits per heavy atom. The minimum atomic E-state index is -3.09. The van der Waals surface area contributed by atoms with Crippen LogP contribution >= 0.6 is 11.8 Å². The van der Waals surface area contributed by atoms with Crippen molar-refractivity contribution in [2.24, 2.45) is 10.9 Å². The van der Waals surface area contributed by atoms with E-state index in [1.165, 1.54) is 23.9 Å². The Morgan fingerprint density at radius 2 is 1.91 bits per heavy atom. The van der Waals surface area contributed by atoms with E-state index in [-0.39, 0.29) is 40.4 Å². The van der Waals surface area contributed by atoms with Crippen LogP contribution in [-0.2, 0) is 14.6 Å². The molecule has 0 radical (unpaired) electrons. The van der Waals surface area contributed by atoms with E-state index in [0.29, 0.717) is 10.9 Å². The topological polar surface area (TPSA) is 66.8 Å². The van der Waals surface area contributed by atoms with Gasteiger partial charge in [-0.2, -0.15) is 4.99 Å². The number of carbonyl (C=O) groups is 1. The number of hydrogen-bond donors (Lipinski definition) is 0. The molecule has 5 nitrogen and oxygen atoms in total. The smallest absolute Gasteiger partial charge is 0.251 e. The van der Waals surface area contributed by atoms with E-state index in [2.05, 4.69) is 4.99 Å². The number of anilines is 1. The molecule has 2 atom stereocenters. The number of fused-ring (bicyclic) bond motifs is 1. The zero-order valence-corrected chi connectivity index (χ0v) is 13.8. The molecule has 0 N–H and O–H groups in total. The zero-order valence-electron chi connectivity index (χ0n) is 12.2. The summed E-state index contributed by atoms with van der Waals surface area (Å²) in [6, 6.07) is 5.61. The molecule has 1 aromatic carbocycles. The van der Waals surface area contributed by atoms with E-state index in [4.69, 9.17) is 0 Å². The van der Waals surface area contributed by atoms with E-state index in [1.807, 2.05) is 0 Å². The van der Waals surface area contributed by atoms with Gasteiger partial charge in [-0.25, -0.2) is 12.8 Å². The molecule has 4 rings (SSSR count). The lowest BCUT2D eigenvalue weighted by molar-refractivity contribution is -0.118. The van der Waals surface area contributed by atoms with Crippen molar-refractivity contribution < 1.29 is 17.6 Å². The Kier molecular flexibility index (Phi) is 3.49. The highest BCUT2D eigenvalue weighted by Crippen LogP contribution is 2.41. The number of amides is 1. The molecule has 0 aromatic heterocycles. The summed E-state index contributed by atoms with van der Waals surface area (Å²) in [6.45, 7) is 0. The zero-order chi connectivity index (χ0) is 16.2. The van der Waals surface area contributed by atoms with Gasteiger partial charge in [0.05, 0.1) is 17.5 Å². The Hall–Kier alpha value is -1.41. The van der Waals surface area contributed by atoms with Gasteiger partial charge in [-0.3, -0.25) is 4.79 Å². The highest BCUT2D eigenvalue weighted by atomic mass is 32.2. The molecule has 0 unspecified atom stereocenters.